The van der Waals surface area contributed by atoms with Crippen LogP contribution in [0.25, 0.3) is 0 Å². The van der Waals surface area contributed by atoms with Gasteiger partial charge < -0.3 is 15.0 Å². The highest BCUT2D eigenvalue weighted by molar-refractivity contribution is 6.30. The van der Waals surface area contributed by atoms with Gasteiger partial charge in [-0.15, -0.1) is 0 Å². The zero-order chi connectivity index (χ0) is 12.3. The number of rotatable bonds is 4. The number of halogens is 1. The second kappa shape index (κ2) is 5.61. The Bertz CT molecular complexity index is 384. The Morgan fingerprint density at radius 1 is 1.53 bits per heavy atom. The summed E-state index contributed by atoms with van der Waals surface area (Å²) >= 11 is 6.06. The van der Waals surface area contributed by atoms with Gasteiger partial charge in [-0.1, -0.05) is 11.6 Å². The van der Waals surface area contributed by atoms with Crippen molar-refractivity contribution in [2.45, 2.75) is 6.42 Å². The molecule has 1 aromatic carbocycles. The molecule has 1 saturated heterocycles. The molecule has 1 aliphatic rings. The molecule has 0 radical (unpaired) electrons. The number of anilines is 1. The number of methoxy groups -OCH3 is 1. The van der Waals surface area contributed by atoms with E-state index in [1.54, 1.807) is 7.11 Å². The van der Waals surface area contributed by atoms with Crippen LogP contribution in [-0.4, -0.2) is 33.8 Å². The molecule has 17 heavy (non-hydrogen) atoms. The van der Waals surface area contributed by atoms with E-state index in [-0.39, 0.29) is 0 Å². The Balaban J connectivity index is 2.14. The van der Waals surface area contributed by atoms with Crippen LogP contribution in [0.15, 0.2) is 18.2 Å². The number of hydrogen-bond donors (Lipinski definition) is 1. The zero-order valence-corrected chi connectivity index (χ0v) is 11.1. The molecule has 1 unspecified atom stereocenters. The highest BCUT2D eigenvalue weighted by atomic mass is 35.5. The van der Waals surface area contributed by atoms with Crippen LogP contribution in [0.1, 0.15) is 6.42 Å². The van der Waals surface area contributed by atoms with Gasteiger partial charge in [-0.3, -0.25) is 0 Å². The van der Waals surface area contributed by atoms with Crippen molar-refractivity contribution in [3.8, 4) is 5.75 Å². The fraction of sp³-hybridized carbons (Fsp3) is 0.538. The summed E-state index contributed by atoms with van der Waals surface area (Å²) in [6.45, 7) is 3.21. The largest absolute Gasteiger partial charge is 0.495 e. The smallest absolute Gasteiger partial charge is 0.142 e. The van der Waals surface area contributed by atoms with Gasteiger partial charge in [0.25, 0.3) is 0 Å². The van der Waals surface area contributed by atoms with Gasteiger partial charge in [0.2, 0.25) is 0 Å². The molecule has 1 aromatic rings. The van der Waals surface area contributed by atoms with E-state index >= 15 is 0 Å². The van der Waals surface area contributed by atoms with Crippen LogP contribution in [0, 0.1) is 5.92 Å². The predicted octanol–water partition coefficient (Wildman–Crippen LogP) is 2.39. The fourth-order valence-corrected chi connectivity index (χ4v) is 2.58. The van der Waals surface area contributed by atoms with Crippen LogP contribution in [-0.2, 0) is 0 Å². The van der Waals surface area contributed by atoms with E-state index < -0.39 is 0 Å². The number of nitrogens with one attached hydrogen (secondary N) is 1. The molecule has 1 atom stereocenters. The summed E-state index contributed by atoms with van der Waals surface area (Å²) in [7, 11) is 3.70. The quantitative estimate of drug-likeness (QED) is 0.893. The van der Waals surface area contributed by atoms with Gasteiger partial charge in [-0.25, -0.2) is 0 Å². The average Bonchev–Trinajstić information content (AvgIpc) is 2.78. The van der Waals surface area contributed by atoms with Gasteiger partial charge in [0.05, 0.1) is 12.8 Å². The van der Waals surface area contributed by atoms with E-state index in [0.29, 0.717) is 5.92 Å². The van der Waals surface area contributed by atoms with Crippen LogP contribution in [0.3, 0.4) is 0 Å². The molecular weight excluding hydrogens is 236 g/mol. The highest BCUT2D eigenvalue weighted by Crippen LogP contribution is 2.34. The fourth-order valence-electron chi connectivity index (χ4n) is 2.42. The van der Waals surface area contributed by atoms with E-state index in [0.717, 1.165) is 36.1 Å². The second-order valence-corrected chi connectivity index (χ2v) is 4.91. The lowest BCUT2D eigenvalue weighted by molar-refractivity contribution is 0.414. The molecule has 1 heterocycles. The van der Waals surface area contributed by atoms with Gasteiger partial charge in [-0.05, 0) is 44.1 Å². The third kappa shape index (κ3) is 2.85. The molecule has 1 aliphatic heterocycles. The molecule has 4 heteroatoms. The van der Waals surface area contributed by atoms with E-state index in [9.17, 15) is 0 Å². The maximum absolute atomic E-state index is 6.06. The van der Waals surface area contributed by atoms with Crippen LogP contribution >= 0.6 is 11.6 Å². The molecular formula is C13H19ClN2O. The molecule has 0 aliphatic carbocycles. The minimum Gasteiger partial charge on any atom is -0.495 e. The molecule has 2 rings (SSSR count). The summed E-state index contributed by atoms with van der Waals surface area (Å²) < 4.78 is 5.39. The molecule has 1 N–H and O–H groups in total. The Morgan fingerprint density at radius 3 is 3.06 bits per heavy atom. The highest BCUT2D eigenvalue weighted by Gasteiger charge is 2.24. The standard InChI is InChI=1S/C13H19ClN2O/c1-15-8-10-5-6-16(9-10)12-7-11(14)3-4-13(12)17-2/h3-4,7,10,15H,5-6,8-9H2,1-2H3. The minimum atomic E-state index is 0.712. The average molecular weight is 255 g/mol. The Morgan fingerprint density at radius 2 is 2.35 bits per heavy atom. The Hall–Kier alpha value is -0.930. The maximum Gasteiger partial charge on any atom is 0.142 e. The van der Waals surface area contributed by atoms with Gasteiger partial charge in [0, 0.05) is 18.1 Å². The molecule has 0 spiro atoms. The van der Waals surface area contributed by atoms with Gasteiger partial charge in [-0.2, -0.15) is 0 Å². The van der Waals surface area contributed by atoms with Gasteiger partial charge >= 0.3 is 0 Å². The van der Waals surface area contributed by atoms with Crippen molar-refractivity contribution < 1.29 is 4.74 Å². The Labute approximate surface area is 108 Å². The summed E-state index contributed by atoms with van der Waals surface area (Å²) in [5, 5.41) is 4.00. The molecule has 0 bridgehead atoms. The SMILES string of the molecule is CNCC1CCN(c2cc(Cl)ccc2OC)C1. The molecule has 0 amide bonds. The molecule has 94 valence electrons. The molecule has 1 fully saturated rings. The first kappa shape index (κ1) is 12.5. The van der Waals surface area contributed by atoms with Crippen molar-refractivity contribution in [3.05, 3.63) is 23.2 Å². The third-order valence-electron chi connectivity index (χ3n) is 3.26. The first-order chi connectivity index (χ1) is 8.24. The predicted molar refractivity (Wildman–Crippen MR) is 72.3 cm³/mol. The maximum atomic E-state index is 6.06. The first-order valence-corrected chi connectivity index (χ1v) is 6.35. The Kier molecular flexibility index (Phi) is 4.13. The topological polar surface area (TPSA) is 24.5 Å². The lowest BCUT2D eigenvalue weighted by atomic mass is 10.1. The van der Waals surface area contributed by atoms with Crippen molar-refractivity contribution in [2.24, 2.45) is 5.92 Å². The minimum absolute atomic E-state index is 0.712. The summed E-state index contributed by atoms with van der Waals surface area (Å²) in [6, 6.07) is 5.79. The first-order valence-electron chi connectivity index (χ1n) is 5.97. The number of ether oxygens (including phenoxy) is 1. The number of nitrogens with zero attached hydrogens (tertiary/aromatic N) is 1. The van der Waals surface area contributed by atoms with E-state index in [4.69, 9.17) is 16.3 Å². The van der Waals surface area contributed by atoms with Crippen molar-refractivity contribution in [2.75, 3.05) is 38.7 Å². The lowest BCUT2D eigenvalue weighted by Gasteiger charge is -2.21. The van der Waals surface area contributed by atoms with E-state index in [2.05, 4.69) is 10.2 Å². The van der Waals surface area contributed by atoms with Crippen LogP contribution in [0.2, 0.25) is 5.02 Å². The summed E-state index contributed by atoms with van der Waals surface area (Å²) in [6.07, 6.45) is 1.22. The van der Waals surface area contributed by atoms with Crippen LogP contribution in [0.4, 0.5) is 5.69 Å². The number of hydrogen-bond acceptors (Lipinski definition) is 3. The van der Waals surface area contributed by atoms with Crippen molar-refractivity contribution in [3.63, 3.8) is 0 Å². The summed E-state index contributed by atoms with van der Waals surface area (Å²) in [5.41, 5.74) is 1.11. The normalized spacial score (nSPS) is 19.7. The van der Waals surface area contributed by atoms with Crippen LogP contribution < -0.4 is 15.0 Å². The monoisotopic (exact) mass is 254 g/mol. The molecule has 0 aromatic heterocycles. The van der Waals surface area contributed by atoms with Crippen molar-refractivity contribution >= 4 is 17.3 Å². The molecule has 3 nitrogen and oxygen atoms in total. The van der Waals surface area contributed by atoms with Crippen LogP contribution in [0.5, 0.6) is 5.75 Å². The van der Waals surface area contributed by atoms with Gasteiger partial charge in [0.15, 0.2) is 0 Å². The number of benzene rings is 1. The zero-order valence-electron chi connectivity index (χ0n) is 10.4. The third-order valence-corrected chi connectivity index (χ3v) is 3.50. The summed E-state index contributed by atoms with van der Waals surface area (Å²) in [5.74, 6) is 1.61. The summed E-state index contributed by atoms with van der Waals surface area (Å²) in [4.78, 5) is 2.35. The second-order valence-electron chi connectivity index (χ2n) is 4.47. The van der Waals surface area contributed by atoms with E-state index in [1.807, 2.05) is 25.2 Å². The van der Waals surface area contributed by atoms with Crippen molar-refractivity contribution in [1.29, 1.82) is 0 Å². The van der Waals surface area contributed by atoms with Crippen molar-refractivity contribution in [1.82, 2.24) is 5.32 Å². The molecule has 0 saturated carbocycles. The lowest BCUT2D eigenvalue weighted by Crippen LogP contribution is -2.24. The van der Waals surface area contributed by atoms with Gasteiger partial charge in [0.1, 0.15) is 5.75 Å². The van der Waals surface area contributed by atoms with E-state index in [1.165, 1.54) is 6.42 Å².